The summed E-state index contributed by atoms with van der Waals surface area (Å²) in [6.45, 7) is 5.34. The van der Waals surface area contributed by atoms with Gasteiger partial charge in [0.25, 0.3) is 0 Å². The molecule has 1 aromatic rings. The summed E-state index contributed by atoms with van der Waals surface area (Å²) >= 11 is -1.46. The molecule has 1 aliphatic rings. The standard InChI is InChI=1S/C14H18FNO3S/c1-14(2,3)20(19)16-12-9(13(17)18)7-8-5-4-6-10(15)11(8)12/h4-6,9,12,16H,7H2,1-3H3,(H,17,18)/t9-,12+,20+/m0/s1. The van der Waals surface area contributed by atoms with E-state index in [9.17, 15) is 18.8 Å². The first kappa shape index (κ1) is 15.3. The van der Waals surface area contributed by atoms with Gasteiger partial charge in [0, 0.05) is 16.9 Å². The highest BCUT2D eigenvalue weighted by atomic mass is 32.2. The molecule has 0 aliphatic heterocycles. The summed E-state index contributed by atoms with van der Waals surface area (Å²) in [5.74, 6) is -2.26. The van der Waals surface area contributed by atoms with Gasteiger partial charge in [0.05, 0.1) is 12.0 Å². The third-order valence-electron chi connectivity index (χ3n) is 3.40. The van der Waals surface area contributed by atoms with Gasteiger partial charge in [-0.3, -0.25) is 4.79 Å². The van der Waals surface area contributed by atoms with Gasteiger partial charge in [0.15, 0.2) is 0 Å². The van der Waals surface area contributed by atoms with Crippen LogP contribution in [0.15, 0.2) is 18.2 Å². The second-order valence-electron chi connectivity index (χ2n) is 5.94. The normalized spacial score (nSPS) is 23.4. The van der Waals surface area contributed by atoms with Crippen LogP contribution in [0.5, 0.6) is 0 Å². The Morgan fingerprint density at radius 3 is 2.70 bits per heavy atom. The minimum Gasteiger partial charge on any atom is -0.598 e. The van der Waals surface area contributed by atoms with Gasteiger partial charge in [-0.25, -0.2) is 4.39 Å². The quantitative estimate of drug-likeness (QED) is 0.839. The average Bonchev–Trinajstić information content (AvgIpc) is 2.68. The lowest BCUT2D eigenvalue weighted by Gasteiger charge is -2.28. The van der Waals surface area contributed by atoms with Gasteiger partial charge < -0.3 is 9.66 Å². The molecule has 0 heterocycles. The van der Waals surface area contributed by atoms with E-state index in [4.69, 9.17) is 0 Å². The maximum Gasteiger partial charge on any atom is 0.308 e. The monoisotopic (exact) mass is 299 g/mol. The first-order chi connectivity index (χ1) is 9.21. The predicted octanol–water partition coefficient (Wildman–Crippen LogP) is 2.18. The third-order valence-corrected chi connectivity index (χ3v) is 4.98. The van der Waals surface area contributed by atoms with Crippen molar-refractivity contribution in [2.75, 3.05) is 0 Å². The van der Waals surface area contributed by atoms with E-state index in [0.29, 0.717) is 11.1 Å². The van der Waals surface area contributed by atoms with E-state index in [1.54, 1.807) is 32.9 Å². The van der Waals surface area contributed by atoms with Crippen molar-refractivity contribution in [1.82, 2.24) is 4.72 Å². The third kappa shape index (κ3) is 2.82. The topological polar surface area (TPSA) is 72.4 Å². The maximum atomic E-state index is 14.0. The highest BCUT2D eigenvalue weighted by molar-refractivity contribution is 7.90. The van der Waals surface area contributed by atoms with E-state index < -0.39 is 39.9 Å². The molecule has 0 unspecified atom stereocenters. The molecule has 2 N–H and O–H groups in total. The number of fused-ring (bicyclic) bond motifs is 1. The number of hydrogen-bond acceptors (Lipinski definition) is 3. The average molecular weight is 299 g/mol. The Balaban J connectivity index is 2.35. The molecule has 0 saturated carbocycles. The SMILES string of the molecule is CC(C)(C)[S@@+]([O-])N[C@H]1c2c(F)cccc2C[C@@H]1C(=O)O. The molecule has 0 spiro atoms. The Kier molecular flexibility index (Phi) is 4.09. The first-order valence-electron chi connectivity index (χ1n) is 6.40. The van der Waals surface area contributed by atoms with E-state index in [1.165, 1.54) is 6.07 Å². The Bertz CT molecular complexity index is 530. The minimum absolute atomic E-state index is 0.251. The van der Waals surface area contributed by atoms with Gasteiger partial charge >= 0.3 is 5.97 Å². The summed E-state index contributed by atoms with van der Waals surface area (Å²) in [7, 11) is 0. The lowest BCUT2D eigenvalue weighted by Crippen LogP contribution is -2.43. The molecule has 0 bridgehead atoms. The zero-order valence-corrected chi connectivity index (χ0v) is 12.5. The fraction of sp³-hybridized carbons (Fsp3) is 0.500. The van der Waals surface area contributed by atoms with Crippen molar-refractivity contribution >= 4 is 17.3 Å². The molecular weight excluding hydrogens is 281 g/mol. The van der Waals surface area contributed by atoms with E-state index in [1.807, 2.05) is 0 Å². The molecule has 0 amide bonds. The summed E-state index contributed by atoms with van der Waals surface area (Å²) in [5, 5.41) is 9.30. The molecule has 3 atom stereocenters. The van der Waals surface area contributed by atoms with Gasteiger partial charge in [0.2, 0.25) is 0 Å². The van der Waals surface area contributed by atoms with Gasteiger partial charge in [0.1, 0.15) is 10.6 Å². The zero-order chi connectivity index (χ0) is 15.1. The number of halogens is 1. The van der Waals surface area contributed by atoms with E-state index >= 15 is 0 Å². The number of aliphatic carboxylic acids is 1. The summed E-state index contributed by atoms with van der Waals surface area (Å²) < 4.78 is 28.4. The van der Waals surface area contributed by atoms with Crippen molar-refractivity contribution < 1.29 is 18.8 Å². The second-order valence-corrected chi connectivity index (χ2v) is 7.94. The van der Waals surface area contributed by atoms with Crippen molar-refractivity contribution in [1.29, 1.82) is 0 Å². The van der Waals surface area contributed by atoms with Crippen LogP contribution >= 0.6 is 0 Å². The molecule has 2 rings (SSSR count). The molecule has 0 fully saturated rings. The number of benzene rings is 1. The largest absolute Gasteiger partial charge is 0.598 e. The molecule has 110 valence electrons. The van der Waals surface area contributed by atoms with Crippen LogP contribution in [0.1, 0.15) is 37.9 Å². The second kappa shape index (κ2) is 5.35. The molecule has 4 nitrogen and oxygen atoms in total. The zero-order valence-electron chi connectivity index (χ0n) is 11.6. The van der Waals surface area contributed by atoms with Crippen LogP contribution in [0.3, 0.4) is 0 Å². The summed E-state index contributed by atoms with van der Waals surface area (Å²) in [6.07, 6.45) is 0.251. The highest BCUT2D eigenvalue weighted by Gasteiger charge is 2.43. The number of carbonyl (C=O) groups is 1. The van der Waals surface area contributed by atoms with Gasteiger partial charge in [-0.2, -0.15) is 0 Å². The molecule has 1 aliphatic carbocycles. The van der Waals surface area contributed by atoms with Crippen LogP contribution in [0.2, 0.25) is 0 Å². The number of carboxylic acids is 1. The van der Waals surface area contributed by atoms with E-state index in [-0.39, 0.29) is 6.42 Å². The fourth-order valence-corrected chi connectivity index (χ4v) is 3.19. The lowest BCUT2D eigenvalue weighted by atomic mass is 10.0. The number of rotatable bonds is 3. The maximum absolute atomic E-state index is 14.0. The smallest absolute Gasteiger partial charge is 0.308 e. The van der Waals surface area contributed by atoms with Crippen LogP contribution in [-0.4, -0.2) is 20.4 Å². The molecule has 6 heteroatoms. The Morgan fingerprint density at radius 1 is 1.50 bits per heavy atom. The van der Waals surface area contributed by atoms with Crippen LogP contribution < -0.4 is 4.72 Å². The number of hydrogen-bond donors (Lipinski definition) is 2. The van der Waals surface area contributed by atoms with Crippen molar-refractivity contribution in [3.05, 3.63) is 35.1 Å². The number of nitrogens with one attached hydrogen (secondary N) is 1. The van der Waals surface area contributed by atoms with Gasteiger partial charge in [-0.1, -0.05) is 12.1 Å². The van der Waals surface area contributed by atoms with Gasteiger partial charge in [-0.05, 0) is 38.8 Å². The van der Waals surface area contributed by atoms with E-state index in [2.05, 4.69) is 4.72 Å². The highest BCUT2D eigenvalue weighted by Crippen LogP contribution is 2.39. The molecule has 0 saturated heterocycles. The summed E-state index contributed by atoms with van der Waals surface area (Å²) in [6, 6.07) is 3.83. The van der Waals surface area contributed by atoms with Crippen molar-refractivity contribution in [3.8, 4) is 0 Å². The lowest BCUT2D eigenvalue weighted by molar-refractivity contribution is -0.142. The van der Waals surface area contributed by atoms with Crippen molar-refractivity contribution in [3.63, 3.8) is 0 Å². The van der Waals surface area contributed by atoms with Crippen molar-refractivity contribution in [2.45, 2.75) is 38.0 Å². The molecular formula is C14H18FNO3S. The molecule has 0 radical (unpaired) electrons. The fourth-order valence-electron chi connectivity index (χ4n) is 2.33. The Hall–Kier alpha value is -1.11. The van der Waals surface area contributed by atoms with Crippen LogP contribution in [-0.2, 0) is 22.6 Å². The minimum atomic E-state index is -1.46. The van der Waals surface area contributed by atoms with Gasteiger partial charge in [-0.15, -0.1) is 4.72 Å². The number of carboxylic acid groups (broad SMARTS) is 1. The molecule has 20 heavy (non-hydrogen) atoms. The van der Waals surface area contributed by atoms with E-state index in [0.717, 1.165) is 0 Å². The predicted molar refractivity (Wildman–Crippen MR) is 75.0 cm³/mol. The Labute approximate surface area is 120 Å². The van der Waals surface area contributed by atoms with Crippen LogP contribution in [0.4, 0.5) is 4.39 Å². The first-order valence-corrected chi connectivity index (χ1v) is 7.55. The molecule has 1 aromatic carbocycles. The van der Waals surface area contributed by atoms with Crippen LogP contribution in [0.25, 0.3) is 0 Å². The molecule has 0 aromatic heterocycles. The summed E-state index contributed by atoms with van der Waals surface area (Å²) in [5.41, 5.74) is 0.998. The van der Waals surface area contributed by atoms with Crippen LogP contribution in [0, 0.1) is 11.7 Å². The summed E-state index contributed by atoms with van der Waals surface area (Å²) in [4.78, 5) is 11.4. The Morgan fingerprint density at radius 2 is 2.15 bits per heavy atom. The van der Waals surface area contributed by atoms with Crippen molar-refractivity contribution in [2.24, 2.45) is 5.92 Å².